The summed E-state index contributed by atoms with van der Waals surface area (Å²) in [6.45, 7) is 2.44. The standard InChI is InChI=1S/C5H9IN2S/c6-8-1-4-3-9-5(2-8)7-4/h4-5,7H,1-3H2. The van der Waals surface area contributed by atoms with E-state index in [1.165, 1.54) is 18.8 Å². The van der Waals surface area contributed by atoms with Gasteiger partial charge in [-0.05, 0) is 0 Å². The quantitative estimate of drug-likeness (QED) is 0.507. The lowest BCUT2D eigenvalue weighted by atomic mass is 10.3. The van der Waals surface area contributed by atoms with Gasteiger partial charge in [0.15, 0.2) is 0 Å². The number of hydrogen-bond acceptors (Lipinski definition) is 3. The van der Waals surface area contributed by atoms with Crippen molar-refractivity contribution in [2.24, 2.45) is 0 Å². The van der Waals surface area contributed by atoms with Crippen LogP contribution in [0.5, 0.6) is 0 Å². The van der Waals surface area contributed by atoms with Gasteiger partial charge in [0, 0.05) is 47.7 Å². The average Bonchev–Trinajstić information content (AvgIpc) is 2.11. The van der Waals surface area contributed by atoms with Crippen LogP contribution in [0, 0.1) is 0 Å². The minimum Gasteiger partial charge on any atom is -0.299 e. The summed E-state index contributed by atoms with van der Waals surface area (Å²) in [6.07, 6.45) is 0. The SMILES string of the molecule is IN1CC2CSC(C1)N2. The van der Waals surface area contributed by atoms with Crippen LogP contribution in [0.15, 0.2) is 0 Å². The van der Waals surface area contributed by atoms with Crippen molar-refractivity contribution >= 4 is 34.6 Å². The van der Waals surface area contributed by atoms with Crippen molar-refractivity contribution in [3.8, 4) is 0 Å². The highest BCUT2D eigenvalue weighted by molar-refractivity contribution is 14.1. The molecule has 0 aliphatic carbocycles. The Labute approximate surface area is 73.2 Å². The van der Waals surface area contributed by atoms with Gasteiger partial charge in [-0.3, -0.25) is 5.32 Å². The van der Waals surface area contributed by atoms with Gasteiger partial charge in [-0.25, -0.2) is 3.11 Å². The fourth-order valence-electron chi connectivity index (χ4n) is 1.30. The molecule has 2 nitrogen and oxygen atoms in total. The number of fused-ring (bicyclic) bond motifs is 2. The van der Waals surface area contributed by atoms with Crippen LogP contribution in [-0.2, 0) is 0 Å². The van der Waals surface area contributed by atoms with Crippen LogP contribution in [0.3, 0.4) is 0 Å². The lowest BCUT2D eigenvalue weighted by Crippen LogP contribution is -2.47. The molecule has 0 radical (unpaired) electrons. The van der Waals surface area contributed by atoms with Crippen molar-refractivity contribution in [2.45, 2.75) is 11.4 Å². The molecule has 0 aromatic rings. The molecule has 0 spiro atoms. The molecule has 4 heteroatoms. The molecule has 2 saturated heterocycles. The maximum atomic E-state index is 3.54. The largest absolute Gasteiger partial charge is 0.299 e. The van der Waals surface area contributed by atoms with Crippen molar-refractivity contribution in [3.63, 3.8) is 0 Å². The number of nitrogens with zero attached hydrogens (tertiary/aromatic N) is 1. The highest BCUT2D eigenvalue weighted by Gasteiger charge is 2.31. The summed E-state index contributed by atoms with van der Waals surface area (Å²) in [5, 5.41) is 4.26. The molecule has 2 fully saturated rings. The smallest absolute Gasteiger partial charge is 0.0672 e. The summed E-state index contributed by atoms with van der Waals surface area (Å²) in [4.78, 5) is 0. The highest BCUT2D eigenvalue weighted by Crippen LogP contribution is 2.26. The van der Waals surface area contributed by atoms with E-state index < -0.39 is 0 Å². The second-order valence-electron chi connectivity index (χ2n) is 2.51. The fraction of sp³-hybridized carbons (Fsp3) is 1.00. The maximum Gasteiger partial charge on any atom is 0.0672 e. The number of nitrogens with one attached hydrogen (secondary N) is 1. The molecule has 2 unspecified atom stereocenters. The van der Waals surface area contributed by atoms with Gasteiger partial charge in [0.2, 0.25) is 0 Å². The van der Waals surface area contributed by atoms with E-state index in [0.717, 1.165) is 11.4 Å². The Kier molecular flexibility index (Phi) is 1.90. The van der Waals surface area contributed by atoms with Gasteiger partial charge >= 0.3 is 0 Å². The number of thioether (sulfide) groups is 1. The van der Waals surface area contributed by atoms with Gasteiger partial charge in [-0.1, -0.05) is 0 Å². The lowest BCUT2D eigenvalue weighted by molar-refractivity contribution is 0.358. The summed E-state index contributed by atoms with van der Waals surface area (Å²) < 4.78 is 2.38. The molecule has 9 heavy (non-hydrogen) atoms. The van der Waals surface area contributed by atoms with Crippen LogP contribution >= 0.6 is 34.6 Å². The predicted octanol–water partition coefficient (Wildman–Crippen LogP) is 0.683. The van der Waals surface area contributed by atoms with Crippen molar-refractivity contribution in [1.82, 2.24) is 8.43 Å². The number of halogens is 1. The van der Waals surface area contributed by atoms with Crippen LogP contribution in [0.2, 0.25) is 0 Å². The Hall–Kier alpha value is 1.00. The molecule has 52 valence electrons. The lowest BCUT2D eigenvalue weighted by Gasteiger charge is -2.26. The van der Waals surface area contributed by atoms with Crippen molar-refractivity contribution in [1.29, 1.82) is 0 Å². The van der Waals surface area contributed by atoms with E-state index >= 15 is 0 Å². The molecule has 0 aromatic heterocycles. The van der Waals surface area contributed by atoms with Crippen LogP contribution in [0.1, 0.15) is 0 Å². The minimum absolute atomic E-state index is 0.723. The molecule has 2 bridgehead atoms. The second kappa shape index (κ2) is 2.56. The first-order chi connectivity index (χ1) is 4.34. The van der Waals surface area contributed by atoms with Crippen LogP contribution < -0.4 is 5.32 Å². The van der Waals surface area contributed by atoms with Crippen molar-refractivity contribution < 1.29 is 0 Å². The Morgan fingerprint density at radius 1 is 1.56 bits per heavy atom. The summed E-state index contributed by atoms with van der Waals surface area (Å²) in [5.74, 6) is 1.31. The highest BCUT2D eigenvalue weighted by atomic mass is 127. The van der Waals surface area contributed by atoms with Crippen molar-refractivity contribution in [2.75, 3.05) is 18.8 Å². The Bertz CT molecular complexity index is 110. The average molecular weight is 256 g/mol. The first-order valence-corrected chi connectivity index (χ1v) is 5.14. The second-order valence-corrected chi connectivity index (χ2v) is 5.11. The molecule has 2 aliphatic rings. The third-order valence-electron chi connectivity index (χ3n) is 1.70. The van der Waals surface area contributed by atoms with Gasteiger partial charge in [0.25, 0.3) is 0 Å². The van der Waals surface area contributed by atoms with Crippen LogP contribution in [0.4, 0.5) is 0 Å². The molecule has 2 aliphatic heterocycles. The summed E-state index contributed by atoms with van der Waals surface area (Å²) >= 11 is 4.47. The van der Waals surface area contributed by atoms with E-state index in [1.807, 2.05) is 0 Å². The van der Waals surface area contributed by atoms with Crippen LogP contribution in [-0.4, -0.2) is 33.4 Å². The molecule has 2 rings (SSSR count). The Morgan fingerprint density at radius 3 is 3.22 bits per heavy atom. The zero-order chi connectivity index (χ0) is 6.27. The molecule has 2 heterocycles. The number of piperazine rings is 1. The topological polar surface area (TPSA) is 15.3 Å². The normalized spacial score (nSPS) is 43.7. The molecule has 0 aromatic carbocycles. The first-order valence-electron chi connectivity index (χ1n) is 3.13. The van der Waals surface area contributed by atoms with Gasteiger partial charge in [0.1, 0.15) is 0 Å². The minimum atomic E-state index is 0.723. The zero-order valence-electron chi connectivity index (χ0n) is 5.01. The number of hydrogen-bond donors (Lipinski definition) is 1. The molecular formula is C5H9IN2S. The molecule has 2 atom stereocenters. The first kappa shape index (κ1) is 6.69. The molecular weight excluding hydrogens is 247 g/mol. The maximum absolute atomic E-state index is 3.54. The zero-order valence-corrected chi connectivity index (χ0v) is 7.98. The van der Waals surface area contributed by atoms with Gasteiger partial charge < -0.3 is 0 Å². The van der Waals surface area contributed by atoms with E-state index in [0.29, 0.717) is 0 Å². The summed E-state index contributed by atoms with van der Waals surface area (Å²) in [5.41, 5.74) is 0. The summed E-state index contributed by atoms with van der Waals surface area (Å²) in [6, 6.07) is 0.769. The third kappa shape index (κ3) is 1.36. The monoisotopic (exact) mass is 256 g/mol. The van der Waals surface area contributed by atoms with Crippen LogP contribution in [0.25, 0.3) is 0 Å². The third-order valence-corrected chi connectivity index (χ3v) is 3.77. The number of rotatable bonds is 0. The van der Waals surface area contributed by atoms with E-state index in [4.69, 9.17) is 0 Å². The summed E-state index contributed by atoms with van der Waals surface area (Å²) in [7, 11) is 0. The van der Waals surface area contributed by atoms with Gasteiger partial charge in [0.05, 0.1) is 5.37 Å². The van der Waals surface area contributed by atoms with E-state index in [1.54, 1.807) is 0 Å². The van der Waals surface area contributed by atoms with E-state index in [-0.39, 0.29) is 0 Å². The van der Waals surface area contributed by atoms with Crippen molar-refractivity contribution in [3.05, 3.63) is 0 Å². The molecule has 0 amide bonds. The van der Waals surface area contributed by atoms with Gasteiger partial charge in [-0.15, -0.1) is 11.8 Å². The Balaban J connectivity index is 2.03. The predicted molar refractivity (Wildman–Crippen MR) is 48.8 cm³/mol. The van der Waals surface area contributed by atoms with Gasteiger partial charge in [-0.2, -0.15) is 0 Å². The van der Waals surface area contributed by atoms with E-state index in [9.17, 15) is 0 Å². The van der Waals surface area contributed by atoms with E-state index in [2.05, 4.69) is 43.1 Å². The molecule has 1 N–H and O–H groups in total. The molecule has 0 saturated carbocycles. The fourth-order valence-corrected chi connectivity index (χ4v) is 3.67. The Morgan fingerprint density at radius 2 is 2.44 bits per heavy atom.